The Morgan fingerprint density at radius 2 is 2.00 bits per heavy atom. The van der Waals surface area contributed by atoms with Crippen molar-refractivity contribution in [2.75, 3.05) is 5.75 Å². The molecule has 0 unspecified atom stereocenters. The molecular weight excluding hydrogens is 386 g/mol. The van der Waals surface area contributed by atoms with E-state index in [2.05, 4.69) is 29.1 Å². The number of aryl methyl sites for hydroxylation is 3. The minimum absolute atomic E-state index is 0.0450. The van der Waals surface area contributed by atoms with Crippen molar-refractivity contribution in [3.8, 4) is 0 Å². The summed E-state index contributed by atoms with van der Waals surface area (Å²) >= 11 is 9.33. The molecule has 0 saturated heterocycles. The molecule has 3 rings (SSSR count). The lowest BCUT2D eigenvalue weighted by atomic mass is 10.1. The zero-order chi connectivity index (χ0) is 18.8. The molecule has 2 aromatic heterocycles. The highest BCUT2D eigenvalue weighted by Gasteiger charge is 2.16. The monoisotopic (exact) mass is 405 g/mol. The number of carbonyl (C=O) groups is 1. The molecule has 0 saturated carbocycles. The van der Waals surface area contributed by atoms with E-state index in [-0.39, 0.29) is 11.9 Å². The summed E-state index contributed by atoms with van der Waals surface area (Å²) in [4.78, 5) is 23.7. The minimum atomic E-state index is -0.144. The maximum absolute atomic E-state index is 12.4. The first-order valence-corrected chi connectivity index (χ1v) is 10.5. The van der Waals surface area contributed by atoms with Gasteiger partial charge in [-0.25, -0.2) is 9.97 Å². The summed E-state index contributed by atoms with van der Waals surface area (Å²) in [6.07, 6.45) is 0. The summed E-state index contributed by atoms with van der Waals surface area (Å²) in [5.41, 5.74) is 2.11. The number of fused-ring (bicyclic) bond motifs is 1. The lowest BCUT2D eigenvalue weighted by Gasteiger charge is -2.15. The Labute approximate surface area is 166 Å². The Morgan fingerprint density at radius 3 is 2.73 bits per heavy atom. The Kier molecular flexibility index (Phi) is 5.85. The van der Waals surface area contributed by atoms with E-state index in [4.69, 9.17) is 11.6 Å². The maximum Gasteiger partial charge on any atom is 0.230 e. The van der Waals surface area contributed by atoms with Crippen molar-refractivity contribution in [1.82, 2.24) is 15.3 Å². The summed E-state index contributed by atoms with van der Waals surface area (Å²) < 4.78 is 0. The van der Waals surface area contributed by atoms with Crippen molar-refractivity contribution in [3.05, 3.63) is 51.1 Å². The van der Waals surface area contributed by atoms with E-state index in [1.807, 2.05) is 38.1 Å². The van der Waals surface area contributed by atoms with Crippen LogP contribution in [0.2, 0.25) is 5.02 Å². The SMILES string of the molecule is Cc1nc(SCC(=O)N[C@@H](C)c2ccccc2Cl)c2c(C)c(C)sc2n1. The second-order valence-electron chi connectivity index (χ2n) is 6.14. The van der Waals surface area contributed by atoms with Crippen LogP contribution >= 0.6 is 34.7 Å². The van der Waals surface area contributed by atoms with Crippen LogP contribution in [0.15, 0.2) is 29.3 Å². The fourth-order valence-corrected chi connectivity index (χ4v) is 5.12. The molecule has 136 valence electrons. The van der Waals surface area contributed by atoms with Crippen LogP contribution in [0.5, 0.6) is 0 Å². The van der Waals surface area contributed by atoms with Gasteiger partial charge in [-0.15, -0.1) is 11.3 Å². The molecule has 3 aromatic rings. The topological polar surface area (TPSA) is 54.9 Å². The van der Waals surface area contributed by atoms with Crippen molar-refractivity contribution in [2.24, 2.45) is 0 Å². The molecule has 0 spiro atoms. The van der Waals surface area contributed by atoms with E-state index in [1.165, 1.54) is 22.2 Å². The number of halogens is 1. The summed E-state index contributed by atoms with van der Waals surface area (Å²) in [7, 11) is 0. The smallest absolute Gasteiger partial charge is 0.230 e. The Morgan fingerprint density at radius 1 is 1.27 bits per heavy atom. The van der Waals surface area contributed by atoms with Crippen LogP contribution in [0.25, 0.3) is 10.2 Å². The highest BCUT2D eigenvalue weighted by Crippen LogP contribution is 2.35. The summed E-state index contributed by atoms with van der Waals surface area (Å²) in [6, 6.07) is 7.41. The minimum Gasteiger partial charge on any atom is -0.349 e. The van der Waals surface area contributed by atoms with Crippen molar-refractivity contribution in [2.45, 2.75) is 38.8 Å². The Hall–Kier alpha value is -1.63. The molecule has 0 aliphatic rings. The van der Waals surface area contributed by atoms with Gasteiger partial charge in [0.1, 0.15) is 15.7 Å². The number of nitrogens with zero attached hydrogens (tertiary/aromatic N) is 2. The average molecular weight is 406 g/mol. The summed E-state index contributed by atoms with van der Waals surface area (Å²) in [5, 5.41) is 5.60. The molecular formula is C19H20ClN3OS2. The number of nitrogens with one attached hydrogen (secondary N) is 1. The predicted molar refractivity (Wildman–Crippen MR) is 110 cm³/mol. The number of carbonyl (C=O) groups excluding carboxylic acids is 1. The number of thioether (sulfide) groups is 1. The van der Waals surface area contributed by atoms with Crippen LogP contribution < -0.4 is 5.32 Å². The zero-order valence-corrected chi connectivity index (χ0v) is 17.5. The van der Waals surface area contributed by atoms with Gasteiger partial charge in [-0.2, -0.15) is 0 Å². The Balaban J connectivity index is 1.72. The van der Waals surface area contributed by atoms with E-state index in [1.54, 1.807) is 11.3 Å². The lowest BCUT2D eigenvalue weighted by Crippen LogP contribution is -2.28. The lowest BCUT2D eigenvalue weighted by molar-refractivity contribution is -0.119. The molecule has 4 nitrogen and oxygen atoms in total. The first-order valence-electron chi connectivity index (χ1n) is 8.27. The molecule has 0 aliphatic heterocycles. The van der Waals surface area contributed by atoms with Gasteiger partial charge >= 0.3 is 0 Å². The van der Waals surface area contributed by atoms with Crippen molar-refractivity contribution >= 4 is 50.8 Å². The quantitative estimate of drug-likeness (QED) is 0.465. The van der Waals surface area contributed by atoms with E-state index >= 15 is 0 Å². The fraction of sp³-hybridized carbons (Fsp3) is 0.316. The average Bonchev–Trinajstić information content (AvgIpc) is 2.87. The third-order valence-corrected chi connectivity index (χ3v) is 6.62. The summed E-state index contributed by atoms with van der Waals surface area (Å²) in [5.74, 6) is 0.983. The maximum atomic E-state index is 12.4. The second-order valence-corrected chi connectivity index (χ2v) is 8.71. The first-order chi connectivity index (χ1) is 12.4. The molecule has 26 heavy (non-hydrogen) atoms. The van der Waals surface area contributed by atoms with Crippen LogP contribution in [0.4, 0.5) is 0 Å². The number of thiophene rings is 1. The third-order valence-electron chi connectivity index (χ3n) is 4.20. The predicted octanol–water partition coefficient (Wildman–Crippen LogP) is 5.24. The van der Waals surface area contributed by atoms with Crippen LogP contribution in [0.3, 0.4) is 0 Å². The van der Waals surface area contributed by atoms with Gasteiger partial charge in [0.2, 0.25) is 5.91 Å². The normalized spacial score (nSPS) is 12.3. The second kappa shape index (κ2) is 7.94. The number of benzene rings is 1. The molecule has 0 radical (unpaired) electrons. The highest BCUT2D eigenvalue weighted by molar-refractivity contribution is 8.00. The molecule has 1 atom stereocenters. The number of hydrogen-bond donors (Lipinski definition) is 1. The molecule has 1 aromatic carbocycles. The number of rotatable bonds is 5. The highest BCUT2D eigenvalue weighted by atomic mass is 35.5. The number of aromatic nitrogens is 2. The molecule has 0 bridgehead atoms. The van der Waals surface area contributed by atoms with Gasteiger partial charge in [0.15, 0.2) is 0 Å². The molecule has 7 heteroatoms. The van der Waals surface area contributed by atoms with E-state index in [0.29, 0.717) is 10.8 Å². The third kappa shape index (κ3) is 4.03. The van der Waals surface area contributed by atoms with Gasteiger partial charge in [-0.05, 0) is 44.9 Å². The van der Waals surface area contributed by atoms with Gasteiger partial charge in [0.05, 0.1) is 11.8 Å². The molecule has 1 amide bonds. The largest absolute Gasteiger partial charge is 0.349 e. The Bertz CT molecular complexity index is 971. The first kappa shape index (κ1) is 19.1. The van der Waals surface area contributed by atoms with Crippen LogP contribution in [-0.4, -0.2) is 21.6 Å². The molecule has 0 aliphatic carbocycles. The van der Waals surface area contributed by atoms with Gasteiger partial charge < -0.3 is 5.32 Å². The molecule has 0 fully saturated rings. The van der Waals surface area contributed by atoms with E-state index in [9.17, 15) is 4.79 Å². The standard InChI is InChI=1S/C19H20ClN3OS2/c1-10-12(3)26-19-17(10)18(22-13(4)23-19)25-9-16(24)21-11(2)14-7-5-6-8-15(14)20/h5-8,11H,9H2,1-4H3,(H,21,24)/t11-/m0/s1. The molecule has 2 heterocycles. The van der Waals surface area contributed by atoms with Crippen LogP contribution in [-0.2, 0) is 4.79 Å². The van der Waals surface area contributed by atoms with E-state index in [0.717, 1.165) is 26.6 Å². The van der Waals surface area contributed by atoms with Gasteiger partial charge in [0, 0.05) is 15.3 Å². The van der Waals surface area contributed by atoms with Crippen LogP contribution in [0, 0.1) is 20.8 Å². The van der Waals surface area contributed by atoms with Gasteiger partial charge in [-0.3, -0.25) is 4.79 Å². The van der Waals surface area contributed by atoms with Crippen LogP contribution in [0.1, 0.15) is 34.8 Å². The van der Waals surface area contributed by atoms with Crippen molar-refractivity contribution < 1.29 is 4.79 Å². The zero-order valence-electron chi connectivity index (χ0n) is 15.1. The van der Waals surface area contributed by atoms with Gasteiger partial charge in [-0.1, -0.05) is 41.6 Å². The van der Waals surface area contributed by atoms with Gasteiger partial charge in [0.25, 0.3) is 0 Å². The summed E-state index contributed by atoms with van der Waals surface area (Å²) in [6.45, 7) is 7.98. The fourth-order valence-electron chi connectivity index (χ4n) is 2.74. The molecule has 1 N–H and O–H groups in total. The van der Waals surface area contributed by atoms with E-state index < -0.39 is 0 Å². The number of amides is 1. The van der Waals surface area contributed by atoms with Crippen molar-refractivity contribution in [3.63, 3.8) is 0 Å². The van der Waals surface area contributed by atoms with Crippen molar-refractivity contribution in [1.29, 1.82) is 0 Å². The number of hydrogen-bond acceptors (Lipinski definition) is 5.